The molecule has 0 saturated carbocycles. The van der Waals surface area contributed by atoms with Gasteiger partial charge in [0.15, 0.2) is 0 Å². The quantitative estimate of drug-likeness (QED) is 0.194. The van der Waals surface area contributed by atoms with Crippen LogP contribution in [0.2, 0.25) is 0 Å². The Labute approximate surface area is 287 Å². The third kappa shape index (κ3) is 6.69. The minimum atomic E-state index is -1.13. The van der Waals surface area contributed by atoms with E-state index in [1.165, 1.54) is 0 Å². The van der Waals surface area contributed by atoms with Crippen LogP contribution >= 0.6 is 0 Å². The first-order valence-corrected chi connectivity index (χ1v) is 17.2. The largest absolute Gasteiger partial charge is 0.508 e. The highest BCUT2D eigenvalue weighted by atomic mass is 16.3. The van der Waals surface area contributed by atoms with Gasteiger partial charge in [-0.05, 0) is 88.0 Å². The van der Waals surface area contributed by atoms with Gasteiger partial charge in [-0.1, -0.05) is 119 Å². The van der Waals surface area contributed by atoms with Crippen molar-refractivity contribution in [2.75, 3.05) is 0 Å². The van der Waals surface area contributed by atoms with Crippen LogP contribution in [-0.2, 0) is 22.7 Å². The highest BCUT2D eigenvalue weighted by molar-refractivity contribution is 5.74. The Morgan fingerprint density at radius 2 is 1.42 bits per heavy atom. The molecule has 6 nitrogen and oxygen atoms in total. The highest BCUT2D eigenvalue weighted by Crippen LogP contribution is 2.51. The number of phenols is 2. The van der Waals surface area contributed by atoms with Crippen molar-refractivity contribution < 1.29 is 15.3 Å². The molecule has 1 heterocycles. The molecular weight excluding hydrogens is 594 g/mol. The van der Waals surface area contributed by atoms with Crippen LogP contribution in [0.5, 0.6) is 11.5 Å². The van der Waals surface area contributed by atoms with Gasteiger partial charge in [0.25, 0.3) is 0 Å². The summed E-state index contributed by atoms with van der Waals surface area (Å²) in [6, 6.07) is 15.5. The molecular formula is C42H55N3O3. The van der Waals surface area contributed by atoms with Crippen molar-refractivity contribution in [2.45, 2.75) is 118 Å². The van der Waals surface area contributed by atoms with Gasteiger partial charge in [0.1, 0.15) is 22.5 Å². The smallest absolute Gasteiger partial charge is 0.124 e. The van der Waals surface area contributed by atoms with Gasteiger partial charge in [-0.2, -0.15) is 0 Å². The molecule has 0 bridgehead atoms. The first-order valence-electron chi connectivity index (χ1n) is 17.2. The summed E-state index contributed by atoms with van der Waals surface area (Å²) in [4.78, 5) is 1.62. The van der Waals surface area contributed by atoms with E-state index in [4.69, 9.17) is 10.2 Å². The van der Waals surface area contributed by atoms with Crippen LogP contribution in [0.4, 0.5) is 0 Å². The van der Waals surface area contributed by atoms with E-state index in [0.717, 1.165) is 39.7 Å². The van der Waals surface area contributed by atoms with Crippen molar-refractivity contribution in [3.8, 4) is 17.2 Å². The van der Waals surface area contributed by atoms with Gasteiger partial charge in [0, 0.05) is 11.1 Å². The Morgan fingerprint density at radius 3 is 1.96 bits per heavy atom. The fourth-order valence-electron chi connectivity index (χ4n) is 7.63. The van der Waals surface area contributed by atoms with Crippen LogP contribution < -0.4 is 0 Å². The standard InChI is InChI=1S/C42H55N3O3/c1-26-21-31(40(8,9)10)37(48)29(36(26)45-43-32-15-13-14-16-33(32)44-45)24-42(30-22-27(39(5,6)7)17-19-34(30)46)23-28(18-20-35(42)47)41(11,12)25-38(2,3)4/h13-23,35,46-48H,24-25H2,1-12H3. The number of allylic oxidation sites excluding steroid dienone is 2. The monoisotopic (exact) mass is 649 g/mol. The maximum atomic E-state index is 12.3. The fraction of sp³-hybridized carbons (Fsp3) is 0.476. The van der Waals surface area contributed by atoms with Gasteiger partial charge < -0.3 is 15.3 Å². The summed E-state index contributed by atoms with van der Waals surface area (Å²) in [5.74, 6) is 0.259. The van der Waals surface area contributed by atoms with Crippen molar-refractivity contribution in [1.82, 2.24) is 15.0 Å². The number of aromatic hydroxyl groups is 2. The number of aromatic nitrogens is 3. The second-order valence-electron chi connectivity index (χ2n) is 17.9. The predicted molar refractivity (Wildman–Crippen MR) is 197 cm³/mol. The van der Waals surface area contributed by atoms with Crippen molar-refractivity contribution in [3.05, 3.63) is 100 Å². The average Bonchev–Trinajstić information content (AvgIpc) is 3.37. The fourth-order valence-corrected chi connectivity index (χ4v) is 7.63. The molecule has 2 atom stereocenters. The Bertz CT molecular complexity index is 1870. The van der Waals surface area contributed by atoms with E-state index in [1.807, 2.05) is 61.5 Å². The molecule has 0 fully saturated rings. The first-order chi connectivity index (χ1) is 22.0. The number of aliphatic hydroxyl groups is 1. The van der Waals surface area contributed by atoms with Gasteiger partial charge in [-0.15, -0.1) is 15.0 Å². The minimum Gasteiger partial charge on any atom is -0.508 e. The number of phenolic OH excluding ortho intramolecular Hbond substituents is 2. The molecule has 0 saturated heterocycles. The van der Waals surface area contributed by atoms with E-state index >= 15 is 0 Å². The summed E-state index contributed by atoms with van der Waals surface area (Å²) in [5, 5.41) is 46.0. The summed E-state index contributed by atoms with van der Waals surface area (Å²) in [5.41, 5.74) is 5.37. The zero-order valence-corrected chi connectivity index (χ0v) is 31.0. The van der Waals surface area contributed by atoms with E-state index in [1.54, 1.807) is 10.9 Å². The topological polar surface area (TPSA) is 91.4 Å². The van der Waals surface area contributed by atoms with Crippen molar-refractivity contribution in [1.29, 1.82) is 0 Å². The second kappa shape index (κ2) is 11.9. The van der Waals surface area contributed by atoms with Crippen LogP contribution in [0.25, 0.3) is 16.7 Å². The Morgan fingerprint density at radius 1 is 0.812 bits per heavy atom. The molecule has 3 aromatic carbocycles. The molecule has 4 aromatic rings. The SMILES string of the molecule is Cc1cc(C(C)(C)C)c(O)c(CC2(c3cc(C(C)(C)C)ccc3O)C=C(C(C)(C)CC(C)(C)C)C=CC2O)c1-n1nc2ccccc2n1. The predicted octanol–water partition coefficient (Wildman–Crippen LogP) is 9.54. The molecule has 2 unspecified atom stereocenters. The van der Waals surface area contributed by atoms with Gasteiger partial charge in [-0.25, -0.2) is 0 Å². The highest BCUT2D eigenvalue weighted by Gasteiger charge is 2.45. The summed E-state index contributed by atoms with van der Waals surface area (Å²) < 4.78 is 0. The van der Waals surface area contributed by atoms with E-state index < -0.39 is 11.5 Å². The van der Waals surface area contributed by atoms with E-state index in [0.29, 0.717) is 16.8 Å². The van der Waals surface area contributed by atoms with Crippen LogP contribution in [-0.4, -0.2) is 36.4 Å². The molecule has 256 valence electrons. The van der Waals surface area contributed by atoms with Gasteiger partial charge >= 0.3 is 0 Å². The summed E-state index contributed by atoms with van der Waals surface area (Å²) in [6.07, 6.45) is 6.18. The molecule has 1 aliphatic carbocycles. The lowest BCUT2D eigenvalue weighted by Crippen LogP contribution is -2.42. The normalized spacial score (nSPS) is 19.2. The molecule has 0 aliphatic heterocycles. The third-order valence-electron chi connectivity index (χ3n) is 9.84. The third-order valence-corrected chi connectivity index (χ3v) is 9.84. The number of nitrogens with zero attached hydrogens (tertiary/aromatic N) is 3. The number of benzene rings is 3. The van der Waals surface area contributed by atoms with Gasteiger partial charge in [0.2, 0.25) is 0 Å². The molecule has 3 N–H and O–H groups in total. The lowest BCUT2D eigenvalue weighted by Gasteiger charge is -2.43. The minimum absolute atomic E-state index is 0.0581. The number of aliphatic hydroxyl groups excluding tert-OH is 1. The Hall–Kier alpha value is -3.90. The lowest BCUT2D eigenvalue weighted by atomic mass is 9.62. The van der Waals surface area contributed by atoms with Crippen LogP contribution in [0, 0.1) is 17.8 Å². The summed E-state index contributed by atoms with van der Waals surface area (Å²) in [6.45, 7) is 26.0. The van der Waals surface area contributed by atoms with E-state index in [-0.39, 0.29) is 39.6 Å². The van der Waals surface area contributed by atoms with Crippen molar-refractivity contribution in [2.24, 2.45) is 10.8 Å². The number of rotatable bonds is 6. The zero-order valence-electron chi connectivity index (χ0n) is 31.0. The maximum absolute atomic E-state index is 12.3. The molecule has 6 heteroatoms. The number of aryl methyl sites for hydroxylation is 1. The second-order valence-corrected chi connectivity index (χ2v) is 17.9. The van der Waals surface area contributed by atoms with Crippen molar-refractivity contribution >= 4 is 11.0 Å². The summed E-state index contributed by atoms with van der Waals surface area (Å²) in [7, 11) is 0. The molecule has 1 aliphatic rings. The number of fused-ring (bicyclic) bond motifs is 1. The molecule has 0 radical (unpaired) electrons. The molecule has 1 aromatic heterocycles. The van der Waals surface area contributed by atoms with E-state index in [9.17, 15) is 15.3 Å². The maximum Gasteiger partial charge on any atom is 0.124 e. The zero-order chi connectivity index (χ0) is 35.6. The summed E-state index contributed by atoms with van der Waals surface area (Å²) >= 11 is 0. The van der Waals surface area contributed by atoms with E-state index in [2.05, 4.69) is 82.2 Å². The average molecular weight is 650 g/mol. The Kier molecular flexibility index (Phi) is 8.78. The van der Waals surface area contributed by atoms with Crippen LogP contribution in [0.3, 0.4) is 0 Å². The Balaban J connectivity index is 1.88. The van der Waals surface area contributed by atoms with Crippen molar-refractivity contribution in [3.63, 3.8) is 0 Å². The molecule has 5 rings (SSSR count). The van der Waals surface area contributed by atoms with Crippen LogP contribution in [0.15, 0.2) is 72.3 Å². The van der Waals surface area contributed by atoms with Gasteiger partial charge in [-0.3, -0.25) is 0 Å². The molecule has 0 spiro atoms. The number of hydrogen-bond acceptors (Lipinski definition) is 5. The van der Waals surface area contributed by atoms with Gasteiger partial charge in [0.05, 0.1) is 17.2 Å². The molecule has 0 amide bonds. The lowest BCUT2D eigenvalue weighted by molar-refractivity contribution is 0.142. The first kappa shape index (κ1) is 35.4. The number of hydrogen-bond donors (Lipinski definition) is 3. The molecule has 48 heavy (non-hydrogen) atoms. The van der Waals surface area contributed by atoms with Crippen LogP contribution in [0.1, 0.15) is 110 Å².